The third-order valence-corrected chi connectivity index (χ3v) is 1.86. The second kappa shape index (κ2) is 12.9. The van der Waals surface area contributed by atoms with E-state index in [1.54, 1.807) is 14.0 Å². The van der Waals surface area contributed by atoms with E-state index in [1.807, 2.05) is 0 Å². The van der Waals surface area contributed by atoms with E-state index in [-0.39, 0.29) is 6.10 Å². The van der Waals surface area contributed by atoms with Crippen LogP contribution in [0.2, 0.25) is 0 Å². The highest BCUT2D eigenvalue weighted by Crippen LogP contribution is 1.90. The van der Waals surface area contributed by atoms with Gasteiger partial charge in [0.05, 0.1) is 45.7 Å². The third kappa shape index (κ3) is 13.8. The molecule has 0 rings (SSSR count). The van der Waals surface area contributed by atoms with E-state index >= 15 is 0 Å². The fourth-order valence-corrected chi connectivity index (χ4v) is 0.938. The molecule has 5 nitrogen and oxygen atoms in total. The molecule has 0 aliphatic heterocycles. The number of aliphatic hydroxyl groups is 1. The van der Waals surface area contributed by atoms with Crippen molar-refractivity contribution in [1.82, 2.24) is 0 Å². The molecule has 0 aromatic carbocycles. The van der Waals surface area contributed by atoms with Crippen molar-refractivity contribution in [3.8, 4) is 0 Å². The highest BCUT2D eigenvalue weighted by Gasteiger charge is 1.95. The van der Waals surface area contributed by atoms with Gasteiger partial charge in [-0.1, -0.05) is 0 Å². The summed E-state index contributed by atoms with van der Waals surface area (Å²) in [4.78, 5) is 0. The van der Waals surface area contributed by atoms with Gasteiger partial charge < -0.3 is 24.1 Å². The molecule has 0 heterocycles. The maximum absolute atomic E-state index is 8.96. The van der Waals surface area contributed by atoms with Crippen LogP contribution in [0.25, 0.3) is 0 Å². The molecule has 16 heavy (non-hydrogen) atoms. The van der Waals surface area contributed by atoms with Crippen LogP contribution in [-0.4, -0.2) is 64.6 Å². The van der Waals surface area contributed by atoms with Gasteiger partial charge >= 0.3 is 0 Å². The molecule has 5 heteroatoms. The van der Waals surface area contributed by atoms with Crippen LogP contribution in [0.4, 0.5) is 0 Å². The first kappa shape index (κ1) is 15.8. The summed E-state index contributed by atoms with van der Waals surface area (Å²) >= 11 is 0. The molecule has 1 atom stereocenters. The normalized spacial score (nSPS) is 12.9. The predicted molar refractivity (Wildman–Crippen MR) is 60.6 cm³/mol. The Morgan fingerprint density at radius 3 is 1.69 bits per heavy atom. The van der Waals surface area contributed by atoms with Crippen molar-refractivity contribution in [1.29, 1.82) is 0 Å². The highest BCUT2D eigenvalue weighted by atomic mass is 16.6. The van der Waals surface area contributed by atoms with Crippen molar-refractivity contribution in [2.24, 2.45) is 0 Å². The first-order valence-corrected chi connectivity index (χ1v) is 5.67. The van der Waals surface area contributed by atoms with Gasteiger partial charge in [-0.05, 0) is 13.3 Å². The Bertz CT molecular complexity index is 130. The topological polar surface area (TPSA) is 57.2 Å². The van der Waals surface area contributed by atoms with Crippen LogP contribution in [0, 0.1) is 0 Å². The lowest BCUT2D eigenvalue weighted by molar-refractivity contribution is -0.0000510. The van der Waals surface area contributed by atoms with Gasteiger partial charge in [-0.3, -0.25) is 0 Å². The summed E-state index contributed by atoms with van der Waals surface area (Å²) in [5, 5.41) is 8.96. The van der Waals surface area contributed by atoms with Crippen molar-refractivity contribution in [2.45, 2.75) is 19.4 Å². The van der Waals surface area contributed by atoms with Gasteiger partial charge in [-0.25, -0.2) is 0 Å². The van der Waals surface area contributed by atoms with Gasteiger partial charge in [-0.2, -0.15) is 0 Å². The van der Waals surface area contributed by atoms with Crippen LogP contribution >= 0.6 is 0 Å². The van der Waals surface area contributed by atoms with Crippen molar-refractivity contribution in [3.05, 3.63) is 0 Å². The van der Waals surface area contributed by atoms with Crippen molar-refractivity contribution in [3.63, 3.8) is 0 Å². The van der Waals surface area contributed by atoms with Crippen molar-refractivity contribution in [2.75, 3.05) is 53.4 Å². The second-order valence-corrected chi connectivity index (χ2v) is 3.47. The molecule has 0 saturated carbocycles. The zero-order chi connectivity index (χ0) is 12.1. The maximum atomic E-state index is 8.96. The van der Waals surface area contributed by atoms with Crippen LogP contribution < -0.4 is 0 Å². The lowest BCUT2D eigenvalue weighted by Gasteiger charge is -2.07. The molecular weight excluding hydrogens is 212 g/mol. The first-order chi connectivity index (χ1) is 7.77. The van der Waals surface area contributed by atoms with Gasteiger partial charge in [0.1, 0.15) is 0 Å². The lowest BCUT2D eigenvalue weighted by Crippen LogP contribution is -2.12. The Morgan fingerprint density at radius 1 is 0.812 bits per heavy atom. The quantitative estimate of drug-likeness (QED) is 0.499. The van der Waals surface area contributed by atoms with Crippen LogP contribution in [-0.2, 0) is 18.9 Å². The molecule has 0 saturated heterocycles. The second-order valence-electron chi connectivity index (χ2n) is 3.47. The Kier molecular flexibility index (Phi) is 12.7. The molecule has 1 N–H and O–H groups in total. The Balaban J connectivity index is 2.88. The number of rotatable bonds is 12. The lowest BCUT2D eigenvalue weighted by atomic mass is 10.3. The van der Waals surface area contributed by atoms with Gasteiger partial charge in [0.25, 0.3) is 0 Å². The largest absolute Gasteiger partial charge is 0.393 e. The molecule has 0 aromatic rings. The van der Waals surface area contributed by atoms with Crippen LogP contribution in [0.1, 0.15) is 13.3 Å². The Morgan fingerprint density at radius 2 is 1.25 bits per heavy atom. The molecule has 0 spiro atoms. The van der Waals surface area contributed by atoms with Gasteiger partial charge in [0, 0.05) is 13.7 Å². The van der Waals surface area contributed by atoms with Gasteiger partial charge in [0.15, 0.2) is 0 Å². The third-order valence-electron chi connectivity index (χ3n) is 1.86. The molecule has 0 amide bonds. The van der Waals surface area contributed by atoms with Crippen LogP contribution in [0.15, 0.2) is 0 Å². The maximum Gasteiger partial charge on any atom is 0.0701 e. The van der Waals surface area contributed by atoms with E-state index in [1.165, 1.54) is 0 Å². The smallest absolute Gasteiger partial charge is 0.0701 e. The number of aliphatic hydroxyl groups excluding tert-OH is 1. The molecule has 1 unspecified atom stereocenters. The fraction of sp³-hybridized carbons (Fsp3) is 1.00. The molecule has 0 bridgehead atoms. The van der Waals surface area contributed by atoms with Crippen LogP contribution in [0.3, 0.4) is 0 Å². The van der Waals surface area contributed by atoms with E-state index in [0.29, 0.717) is 52.7 Å². The molecule has 0 fully saturated rings. The highest BCUT2D eigenvalue weighted by molar-refractivity contribution is 4.44. The minimum absolute atomic E-state index is 0.296. The summed E-state index contributed by atoms with van der Waals surface area (Å²) in [5.74, 6) is 0. The molecule has 0 radical (unpaired) electrons. The van der Waals surface area contributed by atoms with E-state index < -0.39 is 0 Å². The number of ether oxygens (including phenoxy) is 4. The van der Waals surface area contributed by atoms with Crippen molar-refractivity contribution >= 4 is 0 Å². The number of hydrogen-bond acceptors (Lipinski definition) is 5. The Hall–Kier alpha value is -0.200. The average molecular weight is 236 g/mol. The minimum Gasteiger partial charge on any atom is -0.393 e. The molecule has 98 valence electrons. The van der Waals surface area contributed by atoms with E-state index in [0.717, 1.165) is 0 Å². The summed E-state index contributed by atoms with van der Waals surface area (Å²) in [6.07, 6.45) is 0.371. The van der Waals surface area contributed by atoms with E-state index in [4.69, 9.17) is 24.1 Å². The summed E-state index contributed by atoms with van der Waals surface area (Å²) in [6, 6.07) is 0. The standard InChI is InChI=1S/C11H24O5/c1-11(12)3-4-14-7-8-16-10-9-15-6-5-13-2/h11-12H,3-10H2,1-2H3. The average Bonchev–Trinajstić information content (AvgIpc) is 2.25. The zero-order valence-electron chi connectivity index (χ0n) is 10.3. The summed E-state index contributed by atoms with van der Waals surface area (Å²) < 4.78 is 20.5. The molecular formula is C11H24O5. The molecule has 0 aromatic heterocycles. The monoisotopic (exact) mass is 236 g/mol. The molecule has 0 aliphatic rings. The predicted octanol–water partition coefficient (Wildman–Crippen LogP) is 0.454. The van der Waals surface area contributed by atoms with Gasteiger partial charge in [-0.15, -0.1) is 0 Å². The summed E-state index contributed by atoms with van der Waals surface area (Å²) in [6.45, 7) is 5.81. The number of hydrogen-bond donors (Lipinski definition) is 1. The first-order valence-electron chi connectivity index (χ1n) is 5.67. The minimum atomic E-state index is -0.296. The number of methoxy groups -OCH3 is 1. The summed E-state index contributed by atoms with van der Waals surface area (Å²) in [7, 11) is 1.64. The van der Waals surface area contributed by atoms with Gasteiger partial charge in [0.2, 0.25) is 0 Å². The SMILES string of the molecule is COCCOCCOCCOCCC(C)O. The Labute approximate surface area is 97.6 Å². The summed E-state index contributed by atoms with van der Waals surface area (Å²) in [5.41, 5.74) is 0. The van der Waals surface area contributed by atoms with Crippen LogP contribution in [0.5, 0.6) is 0 Å². The zero-order valence-corrected chi connectivity index (χ0v) is 10.3. The van der Waals surface area contributed by atoms with E-state index in [9.17, 15) is 0 Å². The fourth-order valence-electron chi connectivity index (χ4n) is 0.938. The van der Waals surface area contributed by atoms with E-state index in [2.05, 4.69) is 0 Å². The molecule has 0 aliphatic carbocycles. The van der Waals surface area contributed by atoms with Crippen molar-refractivity contribution < 1.29 is 24.1 Å².